The first-order chi connectivity index (χ1) is 5.44. The standard InChI is InChI=1S/C8H12O4/c1-5-6(9)12-8(2,3)7(10)11-4/h5H,1H2,2-4H3. The summed E-state index contributed by atoms with van der Waals surface area (Å²) in [6, 6.07) is 0. The van der Waals surface area contributed by atoms with Crippen molar-refractivity contribution in [3.05, 3.63) is 12.7 Å². The summed E-state index contributed by atoms with van der Waals surface area (Å²) in [6.45, 7) is 6.09. The zero-order valence-electron chi connectivity index (χ0n) is 7.42. The summed E-state index contributed by atoms with van der Waals surface area (Å²) >= 11 is 0. The van der Waals surface area contributed by atoms with Crippen LogP contribution in [0.3, 0.4) is 0 Å². The second kappa shape index (κ2) is 3.90. The van der Waals surface area contributed by atoms with Crippen LogP contribution in [-0.2, 0) is 19.1 Å². The van der Waals surface area contributed by atoms with E-state index in [1.54, 1.807) is 0 Å². The van der Waals surface area contributed by atoms with Crippen LogP contribution >= 0.6 is 0 Å². The molecule has 0 heterocycles. The summed E-state index contributed by atoms with van der Waals surface area (Å²) < 4.78 is 9.12. The SMILES string of the molecule is C=CC(=O)OC(C)(C)C(=O)OC. The van der Waals surface area contributed by atoms with E-state index in [0.29, 0.717) is 0 Å². The van der Waals surface area contributed by atoms with Gasteiger partial charge in [-0.3, -0.25) is 0 Å². The molecule has 0 radical (unpaired) electrons. The maximum atomic E-state index is 11.0. The second-order valence-electron chi connectivity index (χ2n) is 2.63. The van der Waals surface area contributed by atoms with E-state index in [2.05, 4.69) is 11.3 Å². The molecule has 0 aromatic rings. The first-order valence-electron chi connectivity index (χ1n) is 3.38. The van der Waals surface area contributed by atoms with Crippen molar-refractivity contribution in [2.24, 2.45) is 0 Å². The van der Waals surface area contributed by atoms with Gasteiger partial charge in [-0.1, -0.05) is 6.58 Å². The van der Waals surface area contributed by atoms with Gasteiger partial charge in [0.05, 0.1) is 7.11 Å². The van der Waals surface area contributed by atoms with Crippen LogP contribution < -0.4 is 0 Å². The first kappa shape index (κ1) is 10.7. The smallest absolute Gasteiger partial charge is 0.349 e. The average molecular weight is 172 g/mol. The van der Waals surface area contributed by atoms with E-state index in [0.717, 1.165) is 6.08 Å². The number of hydrogen-bond acceptors (Lipinski definition) is 4. The number of ether oxygens (including phenoxy) is 2. The van der Waals surface area contributed by atoms with Gasteiger partial charge in [-0.2, -0.15) is 0 Å². The van der Waals surface area contributed by atoms with Gasteiger partial charge in [-0.05, 0) is 13.8 Å². The van der Waals surface area contributed by atoms with Crippen LogP contribution in [0.4, 0.5) is 0 Å². The molecule has 4 heteroatoms. The summed E-state index contributed by atoms with van der Waals surface area (Å²) in [6.07, 6.45) is 0.991. The van der Waals surface area contributed by atoms with E-state index < -0.39 is 17.5 Å². The van der Waals surface area contributed by atoms with Crippen molar-refractivity contribution in [2.45, 2.75) is 19.4 Å². The predicted octanol–water partition coefficient (Wildman–Crippen LogP) is 0.667. The molecule has 0 bridgehead atoms. The summed E-state index contributed by atoms with van der Waals surface area (Å²) in [7, 11) is 1.23. The quantitative estimate of drug-likeness (QED) is 0.463. The van der Waals surface area contributed by atoms with Crippen LogP contribution in [0.2, 0.25) is 0 Å². The molecule has 0 fully saturated rings. The Bertz CT molecular complexity index is 205. The van der Waals surface area contributed by atoms with Gasteiger partial charge in [0.1, 0.15) is 0 Å². The third-order valence-corrected chi connectivity index (χ3v) is 1.20. The lowest BCUT2D eigenvalue weighted by molar-refractivity contribution is -0.173. The normalized spacial score (nSPS) is 10.2. The van der Waals surface area contributed by atoms with Crippen molar-refractivity contribution >= 4 is 11.9 Å². The Morgan fingerprint density at radius 3 is 2.25 bits per heavy atom. The average Bonchev–Trinajstić information content (AvgIpc) is 2.02. The summed E-state index contributed by atoms with van der Waals surface area (Å²) in [5.74, 6) is -1.25. The highest BCUT2D eigenvalue weighted by molar-refractivity contribution is 5.86. The van der Waals surface area contributed by atoms with E-state index in [1.165, 1.54) is 21.0 Å². The highest BCUT2D eigenvalue weighted by atomic mass is 16.6. The fourth-order valence-corrected chi connectivity index (χ4v) is 0.581. The largest absolute Gasteiger partial charge is 0.466 e. The summed E-state index contributed by atoms with van der Waals surface area (Å²) in [5.41, 5.74) is -1.25. The van der Waals surface area contributed by atoms with Crippen LogP contribution in [0.25, 0.3) is 0 Å². The lowest BCUT2D eigenvalue weighted by Crippen LogP contribution is -2.37. The van der Waals surface area contributed by atoms with Crippen molar-refractivity contribution in [1.29, 1.82) is 0 Å². The molecule has 0 unspecified atom stereocenters. The van der Waals surface area contributed by atoms with Gasteiger partial charge in [-0.15, -0.1) is 0 Å². The molecule has 0 aliphatic carbocycles. The number of esters is 2. The first-order valence-corrected chi connectivity index (χ1v) is 3.38. The molecule has 0 rings (SSSR count). The van der Waals surface area contributed by atoms with Gasteiger partial charge in [0.15, 0.2) is 0 Å². The number of carbonyl (C=O) groups is 2. The molecular formula is C8H12O4. The highest BCUT2D eigenvalue weighted by Crippen LogP contribution is 2.11. The van der Waals surface area contributed by atoms with Gasteiger partial charge >= 0.3 is 11.9 Å². The highest BCUT2D eigenvalue weighted by Gasteiger charge is 2.32. The van der Waals surface area contributed by atoms with E-state index in [-0.39, 0.29) is 0 Å². The number of rotatable bonds is 3. The van der Waals surface area contributed by atoms with E-state index >= 15 is 0 Å². The molecule has 0 aromatic heterocycles. The van der Waals surface area contributed by atoms with Crippen molar-refractivity contribution in [3.8, 4) is 0 Å². The molecule has 0 saturated carbocycles. The molecule has 0 aliphatic rings. The Hall–Kier alpha value is -1.32. The van der Waals surface area contributed by atoms with Crippen molar-refractivity contribution in [3.63, 3.8) is 0 Å². The maximum Gasteiger partial charge on any atom is 0.349 e. The van der Waals surface area contributed by atoms with Gasteiger partial charge in [0, 0.05) is 6.08 Å². The molecule has 0 amide bonds. The van der Waals surface area contributed by atoms with Crippen LogP contribution in [0.5, 0.6) is 0 Å². The third kappa shape index (κ3) is 2.74. The maximum absolute atomic E-state index is 11.0. The van der Waals surface area contributed by atoms with Crippen LogP contribution in [0.15, 0.2) is 12.7 Å². The van der Waals surface area contributed by atoms with Gasteiger partial charge in [0.25, 0.3) is 0 Å². The summed E-state index contributed by atoms with van der Waals surface area (Å²) in [4.78, 5) is 21.7. The topological polar surface area (TPSA) is 52.6 Å². The van der Waals surface area contributed by atoms with E-state index in [9.17, 15) is 9.59 Å². The molecule has 0 spiro atoms. The lowest BCUT2D eigenvalue weighted by atomic mass is 10.1. The molecule has 12 heavy (non-hydrogen) atoms. The van der Waals surface area contributed by atoms with Crippen molar-refractivity contribution in [1.82, 2.24) is 0 Å². The van der Waals surface area contributed by atoms with Gasteiger partial charge in [0.2, 0.25) is 5.60 Å². The van der Waals surface area contributed by atoms with Crippen molar-refractivity contribution < 1.29 is 19.1 Å². The lowest BCUT2D eigenvalue weighted by Gasteiger charge is -2.20. The molecule has 68 valence electrons. The molecular weight excluding hydrogens is 160 g/mol. The Kier molecular flexibility index (Phi) is 3.47. The molecule has 0 atom stereocenters. The van der Waals surface area contributed by atoms with Crippen LogP contribution in [-0.4, -0.2) is 24.6 Å². The van der Waals surface area contributed by atoms with Gasteiger partial charge < -0.3 is 9.47 Å². The number of methoxy groups -OCH3 is 1. The summed E-state index contributed by atoms with van der Waals surface area (Å²) in [5, 5.41) is 0. The zero-order chi connectivity index (χ0) is 9.78. The number of hydrogen-bond donors (Lipinski definition) is 0. The van der Waals surface area contributed by atoms with E-state index in [1.807, 2.05) is 0 Å². The zero-order valence-corrected chi connectivity index (χ0v) is 7.42. The molecule has 0 aliphatic heterocycles. The molecule has 0 saturated heterocycles. The predicted molar refractivity (Wildman–Crippen MR) is 42.4 cm³/mol. The third-order valence-electron chi connectivity index (χ3n) is 1.20. The fraction of sp³-hybridized carbons (Fsp3) is 0.500. The minimum atomic E-state index is -1.25. The Balaban J connectivity index is 4.31. The van der Waals surface area contributed by atoms with E-state index in [4.69, 9.17) is 4.74 Å². The minimum Gasteiger partial charge on any atom is -0.466 e. The Morgan fingerprint density at radius 1 is 1.42 bits per heavy atom. The van der Waals surface area contributed by atoms with Crippen LogP contribution in [0.1, 0.15) is 13.8 Å². The minimum absolute atomic E-state index is 0.599. The molecule has 4 nitrogen and oxygen atoms in total. The second-order valence-corrected chi connectivity index (χ2v) is 2.63. The number of carbonyl (C=O) groups excluding carboxylic acids is 2. The Labute approximate surface area is 71.2 Å². The van der Waals surface area contributed by atoms with Gasteiger partial charge in [-0.25, -0.2) is 9.59 Å². The molecule has 0 aromatic carbocycles. The van der Waals surface area contributed by atoms with Crippen LogP contribution in [0, 0.1) is 0 Å². The molecule has 0 N–H and O–H groups in total. The Morgan fingerprint density at radius 2 is 1.92 bits per heavy atom. The van der Waals surface area contributed by atoms with Crippen molar-refractivity contribution in [2.75, 3.05) is 7.11 Å². The monoisotopic (exact) mass is 172 g/mol. The fourth-order valence-electron chi connectivity index (χ4n) is 0.581.